The van der Waals surface area contributed by atoms with Crippen LogP contribution in [0.4, 0.5) is 0 Å². The molecule has 1 nitrogen and oxygen atoms in total. The summed E-state index contributed by atoms with van der Waals surface area (Å²) in [4.78, 5) is 0. The lowest BCUT2D eigenvalue weighted by Crippen LogP contribution is -1.79. The van der Waals surface area contributed by atoms with Crippen molar-refractivity contribution >= 4 is 25.1 Å². The van der Waals surface area contributed by atoms with Crippen molar-refractivity contribution in [1.29, 1.82) is 0 Å². The van der Waals surface area contributed by atoms with E-state index in [-0.39, 0.29) is 13.5 Å². The van der Waals surface area contributed by atoms with Gasteiger partial charge >= 0.3 is 0 Å². The highest BCUT2D eigenvalue weighted by Crippen LogP contribution is 1.79. The van der Waals surface area contributed by atoms with Gasteiger partial charge in [-0.3, -0.25) is 0 Å². The van der Waals surface area contributed by atoms with Crippen molar-refractivity contribution in [1.82, 2.24) is 0 Å². The number of aliphatic hydroxyl groups is 1. The maximum atomic E-state index is 7.82. The van der Waals surface area contributed by atoms with Crippen LogP contribution in [0, 0.1) is 0 Å². The normalized spacial score (nSPS) is 12.6. The molecule has 0 aliphatic rings. The van der Waals surface area contributed by atoms with E-state index in [1.165, 1.54) is 6.92 Å². The molecule has 0 spiro atoms. The van der Waals surface area contributed by atoms with Crippen LogP contribution in [0.15, 0.2) is 0 Å². The van der Waals surface area contributed by atoms with Gasteiger partial charge in [0, 0.05) is 0 Å². The molecule has 0 aromatic rings. The molecule has 0 aromatic carbocycles. The molecule has 1 atom stereocenters. The first kappa shape index (κ1) is 9.14. The summed E-state index contributed by atoms with van der Waals surface area (Å²) in [6.45, 7) is 1.49. The molecule has 3 heteroatoms. The van der Waals surface area contributed by atoms with Gasteiger partial charge in [-0.1, -0.05) is 11.6 Å². The van der Waals surface area contributed by atoms with E-state index < -0.39 is 5.56 Å². The van der Waals surface area contributed by atoms with Gasteiger partial charge in [-0.15, -0.1) is 0 Å². The van der Waals surface area contributed by atoms with Crippen LogP contribution < -0.4 is 0 Å². The molecule has 34 valence electrons. The standard InChI is InChI=1S/C2H5ClO.H2S/c1-2(3)4;/h2,4H,1H3;1H2. The zero-order valence-electron chi connectivity index (χ0n) is 2.90. The Labute approximate surface area is 43.4 Å². The molecule has 0 fully saturated rings. The van der Waals surface area contributed by atoms with E-state index in [1.54, 1.807) is 0 Å². The van der Waals surface area contributed by atoms with Crippen molar-refractivity contribution in [2.75, 3.05) is 0 Å². The fraction of sp³-hybridized carbons (Fsp3) is 1.00. The highest BCUT2D eigenvalue weighted by atomic mass is 35.5. The van der Waals surface area contributed by atoms with Crippen LogP contribution in [0.2, 0.25) is 0 Å². The largest absolute Gasteiger partial charge is 0.378 e. The molecular weight excluding hydrogens is 108 g/mol. The van der Waals surface area contributed by atoms with Crippen LogP contribution in [0.1, 0.15) is 6.92 Å². The molecule has 0 amide bonds. The molecule has 0 aliphatic carbocycles. The Balaban J connectivity index is 0. The maximum Gasteiger partial charge on any atom is 0.125 e. The molecule has 0 saturated carbocycles. The lowest BCUT2D eigenvalue weighted by Gasteiger charge is -1.77. The molecule has 0 heterocycles. The highest BCUT2D eigenvalue weighted by Gasteiger charge is 1.72. The summed E-state index contributed by atoms with van der Waals surface area (Å²) in [6.07, 6.45) is 0. The molecule has 0 saturated heterocycles. The van der Waals surface area contributed by atoms with E-state index in [0.717, 1.165) is 0 Å². The van der Waals surface area contributed by atoms with E-state index in [4.69, 9.17) is 16.7 Å². The summed E-state index contributed by atoms with van der Waals surface area (Å²) in [5.41, 5.74) is -0.694. The molecule has 0 radical (unpaired) electrons. The summed E-state index contributed by atoms with van der Waals surface area (Å²) in [6, 6.07) is 0. The Kier molecular flexibility index (Phi) is 8.41. The molecule has 5 heavy (non-hydrogen) atoms. The zero-order chi connectivity index (χ0) is 3.58. The lowest BCUT2D eigenvalue weighted by molar-refractivity contribution is 0.277. The molecule has 0 aromatic heterocycles. The third-order valence-corrected chi connectivity index (χ3v) is 0. The van der Waals surface area contributed by atoms with Crippen molar-refractivity contribution in [2.45, 2.75) is 12.5 Å². The average molecular weight is 115 g/mol. The fourth-order valence-corrected chi connectivity index (χ4v) is 0. The molecule has 0 bridgehead atoms. The van der Waals surface area contributed by atoms with Gasteiger partial charge in [0.25, 0.3) is 0 Å². The van der Waals surface area contributed by atoms with Gasteiger partial charge < -0.3 is 5.11 Å². The third-order valence-electron chi connectivity index (χ3n) is 0. The lowest BCUT2D eigenvalue weighted by atomic mass is 10.9. The molecule has 1 N–H and O–H groups in total. The molecule has 0 aliphatic heterocycles. The second-order valence-corrected chi connectivity index (χ2v) is 1.21. The Hall–Kier alpha value is 0.600. The van der Waals surface area contributed by atoms with Crippen molar-refractivity contribution in [3.8, 4) is 0 Å². The Morgan fingerprint density at radius 1 is 1.80 bits per heavy atom. The Morgan fingerprint density at radius 2 is 1.80 bits per heavy atom. The summed E-state index contributed by atoms with van der Waals surface area (Å²) in [7, 11) is 0. The van der Waals surface area contributed by atoms with Crippen LogP contribution in [0.25, 0.3) is 0 Å². The Morgan fingerprint density at radius 3 is 1.80 bits per heavy atom. The van der Waals surface area contributed by atoms with Gasteiger partial charge in [-0.2, -0.15) is 13.5 Å². The summed E-state index contributed by atoms with van der Waals surface area (Å²) in [5, 5.41) is 7.82. The van der Waals surface area contributed by atoms with Gasteiger partial charge in [0.05, 0.1) is 0 Å². The Bertz CT molecular complexity index is 14.4. The van der Waals surface area contributed by atoms with Gasteiger partial charge in [0.1, 0.15) is 5.56 Å². The minimum Gasteiger partial charge on any atom is -0.378 e. The molecular formula is C2H7ClOS. The second kappa shape index (κ2) is 4.60. The smallest absolute Gasteiger partial charge is 0.125 e. The number of hydrogen-bond acceptors (Lipinski definition) is 1. The predicted octanol–water partition coefficient (Wildman–Crippen LogP) is 0.676. The van der Waals surface area contributed by atoms with Crippen LogP contribution in [-0.2, 0) is 0 Å². The van der Waals surface area contributed by atoms with Crippen molar-refractivity contribution in [3.05, 3.63) is 0 Å². The van der Waals surface area contributed by atoms with Crippen LogP contribution >= 0.6 is 25.1 Å². The summed E-state index contributed by atoms with van der Waals surface area (Å²) < 4.78 is 0. The van der Waals surface area contributed by atoms with Crippen molar-refractivity contribution < 1.29 is 5.11 Å². The van der Waals surface area contributed by atoms with E-state index in [9.17, 15) is 0 Å². The third kappa shape index (κ3) is 86.4. The number of halogens is 1. The number of aliphatic hydroxyl groups excluding tert-OH is 1. The van der Waals surface area contributed by atoms with Crippen molar-refractivity contribution in [3.63, 3.8) is 0 Å². The van der Waals surface area contributed by atoms with Gasteiger partial charge in [0.15, 0.2) is 0 Å². The van der Waals surface area contributed by atoms with Gasteiger partial charge in [-0.25, -0.2) is 0 Å². The topological polar surface area (TPSA) is 20.2 Å². The highest BCUT2D eigenvalue weighted by molar-refractivity contribution is 7.59. The molecule has 1 unspecified atom stereocenters. The number of rotatable bonds is 0. The molecule has 0 rings (SSSR count). The monoisotopic (exact) mass is 114 g/mol. The van der Waals surface area contributed by atoms with Crippen LogP contribution in [0.5, 0.6) is 0 Å². The van der Waals surface area contributed by atoms with E-state index in [2.05, 4.69) is 0 Å². The first-order chi connectivity index (χ1) is 1.73. The van der Waals surface area contributed by atoms with E-state index in [0.29, 0.717) is 0 Å². The first-order valence-corrected chi connectivity index (χ1v) is 1.49. The maximum absolute atomic E-state index is 7.82. The van der Waals surface area contributed by atoms with Gasteiger partial charge in [-0.05, 0) is 6.92 Å². The SMILES string of the molecule is CC(O)Cl.S. The summed E-state index contributed by atoms with van der Waals surface area (Å²) >= 11 is 4.83. The van der Waals surface area contributed by atoms with Crippen LogP contribution in [0.3, 0.4) is 0 Å². The second-order valence-electron chi connectivity index (χ2n) is 0.574. The van der Waals surface area contributed by atoms with Gasteiger partial charge in [0.2, 0.25) is 0 Å². The summed E-state index contributed by atoms with van der Waals surface area (Å²) in [5.74, 6) is 0. The van der Waals surface area contributed by atoms with Crippen LogP contribution in [-0.4, -0.2) is 10.7 Å². The average Bonchev–Trinajstić information content (AvgIpc) is 0.811. The first-order valence-electron chi connectivity index (χ1n) is 1.05. The number of alkyl halides is 1. The van der Waals surface area contributed by atoms with Crippen molar-refractivity contribution in [2.24, 2.45) is 0 Å². The van der Waals surface area contributed by atoms with E-state index in [1.807, 2.05) is 0 Å². The van der Waals surface area contributed by atoms with E-state index >= 15 is 0 Å². The minimum absolute atomic E-state index is 0. The zero-order valence-corrected chi connectivity index (χ0v) is 4.66. The minimum atomic E-state index is -0.694. The predicted molar refractivity (Wildman–Crippen MR) is 27.9 cm³/mol. The quantitative estimate of drug-likeness (QED) is 0.459. The number of hydrogen-bond donors (Lipinski definition) is 1. The fourth-order valence-electron chi connectivity index (χ4n) is 0.